The van der Waals surface area contributed by atoms with Crippen LogP contribution in [0, 0.1) is 13.8 Å². The first-order chi connectivity index (χ1) is 15.3. The van der Waals surface area contributed by atoms with E-state index in [4.69, 9.17) is 10.5 Å². The zero-order chi connectivity index (χ0) is 23.0. The van der Waals surface area contributed by atoms with Gasteiger partial charge in [0, 0.05) is 26.8 Å². The minimum Gasteiger partial charge on any atom is -0.497 e. The number of nitrogens with one attached hydrogen (secondary N) is 1. The van der Waals surface area contributed by atoms with Crippen LogP contribution in [0.5, 0.6) is 5.75 Å². The van der Waals surface area contributed by atoms with Gasteiger partial charge in [-0.15, -0.1) is 11.3 Å². The highest BCUT2D eigenvalue weighted by atomic mass is 79.9. The molecule has 0 bridgehead atoms. The highest BCUT2D eigenvalue weighted by Crippen LogP contribution is 2.37. The number of benzene rings is 2. The zero-order valence-electron chi connectivity index (χ0n) is 17.8. The number of hydrogen-bond acceptors (Lipinski definition) is 6. The molecule has 4 N–H and O–H groups in total. The SMILES string of the molecule is COc1ccc(C(O)c2cc3c(N)c(C(=O)Nc4cccc(Br)c4C)sc3nc2C)cc1. The summed E-state index contributed by atoms with van der Waals surface area (Å²) in [6, 6.07) is 14.6. The summed E-state index contributed by atoms with van der Waals surface area (Å²) in [6.45, 7) is 3.76. The van der Waals surface area contributed by atoms with E-state index in [0.29, 0.717) is 49.0 Å². The molecule has 4 rings (SSSR count). The fourth-order valence-corrected chi connectivity index (χ4v) is 4.86. The molecule has 0 radical (unpaired) electrons. The largest absolute Gasteiger partial charge is 0.497 e. The molecular weight excluding hydrogens is 490 g/mol. The molecule has 0 spiro atoms. The van der Waals surface area contributed by atoms with Crippen LogP contribution in [0.1, 0.15) is 38.2 Å². The van der Waals surface area contributed by atoms with Crippen LogP contribution >= 0.6 is 27.3 Å². The van der Waals surface area contributed by atoms with Gasteiger partial charge >= 0.3 is 0 Å². The van der Waals surface area contributed by atoms with Gasteiger partial charge < -0.3 is 20.9 Å². The third kappa shape index (κ3) is 4.09. The van der Waals surface area contributed by atoms with Crippen molar-refractivity contribution in [2.24, 2.45) is 0 Å². The second-order valence-electron chi connectivity index (χ2n) is 7.40. The molecule has 0 aliphatic heterocycles. The van der Waals surface area contributed by atoms with Crippen molar-refractivity contribution >= 4 is 54.8 Å². The van der Waals surface area contributed by atoms with E-state index in [1.54, 1.807) is 19.2 Å². The normalized spacial score (nSPS) is 12.0. The lowest BCUT2D eigenvalue weighted by molar-refractivity contribution is 0.103. The molecule has 0 saturated carbocycles. The zero-order valence-corrected chi connectivity index (χ0v) is 20.2. The average Bonchev–Trinajstić information content (AvgIpc) is 3.11. The summed E-state index contributed by atoms with van der Waals surface area (Å²) in [6.07, 6.45) is -0.876. The van der Waals surface area contributed by atoms with E-state index in [-0.39, 0.29) is 5.91 Å². The minimum atomic E-state index is -0.876. The summed E-state index contributed by atoms with van der Waals surface area (Å²) in [5, 5.41) is 14.5. The monoisotopic (exact) mass is 511 g/mol. The van der Waals surface area contributed by atoms with E-state index >= 15 is 0 Å². The maximum atomic E-state index is 13.0. The van der Waals surface area contributed by atoms with Crippen LogP contribution in [-0.2, 0) is 0 Å². The van der Waals surface area contributed by atoms with Gasteiger partial charge in [0.15, 0.2) is 0 Å². The number of halogens is 1. The number of carbonyl (C=O) groups excluding carboxylic acids is 1. The Morgan fingerprint density at radius 3 is 2.62 bits per heavy atom. The molecule has 2 aromatic carbocycles. The van der Waals surface area contributed by atoms with Gasteiger partial charge in [-0.2, -0.15) is 0 Å². The Bertz CT molecular complexity index is 1320. The molecule has 2 aromatic heterocycles. The first-order valence-corrected chi connectivity index (χ1v) is 11.5. The van der Waals surface area contributed by atoms with Gasteiger partial charge in [0.1, 0.15) is 21.6 Å². The number of thiophene rings is 1. The van der Waals surface area contributed by atoms with Gasteiger partial charge in [-0.3, -0.25) is 4.79 Å². The van der Waals surface area contributed by atoms with Crippen molar-refractivity contribution in [2.45, 2.75) is 20.0 Å². The molecule has 1 amide bonds. The van der Waals surface area contributed by atoms with Crippen molar-refractivity contribution < 1.29 is 14.6 Å². The van der Waals surface area contributed by atoms with Crippen LogP contribution in [0.15, 0.2) is 53.0 Å². The Labute approximate surface area is 198 Å². The van der Waals surface area contributed by atoms with Crippen LogP contribution in [0.2, 0.25) is 0 Å². The number of pyridine rings is 1. The number of methoxy groups -OCH3 is 1. The lowest BCUT2D eigenvalue weighted by Gasteiger charge is -2.14. The topological polar surface area (TPSA) is 97.5 Å². The molecule has 1 atom stereocenters. The van der Waals surface area contributed by atoms with Crippen molar-refractivity contribution in [2.75, 3.05) is 18.2 Å². The number of rotatable bonds is 5. The summed E-state index contributed by atoms with van der Waals surface area (Å²) in [5.41, 5.74) is 10.4. The van der Waals surface area contributed by atoms with Crippen LogP contribution < -0.4 is 15.8 Å². The van der Waals surface area contributed by atoms with E-state index in [1.807, 2.05) is 50.2 Å². The molecule has 6 nitrogen and oxygen atoms in total. The predicted octanol–water partition coefficient (Wildman–Crippen LogP) is 5.60. The average molecular weight is 512 g/mol. The van der Waals surface area contributed by atoms with Crippen molar-refractivity contribution in [3.63, 3.8) is 0 Å². The molecule has 0 aliphatic carbocycles. The molecular formula is C24H22BrN3O3S. The number of fused-ring (bicyclic) bond motifs is 1. The Kier molecular flexibility index (Phi) is 6.19. The fraction of sp³-hybridized carbons (Fsp3) is 0.167. The quantitative estimate of drug-likeness (QED) is 0.324. The van der Waals surface area contributed by atoms with Crippen LogP contribution in [-0.4, -0.2) is 23.1 Å². The van der Waals surface area contributed by atoms with E-state index in [1.165, 1.54) is 11.3 Å². The highest BCUT2D eigenvalue weighted by Gasteiger charge is 2.22. The van der Waals surface area contributed by atoms with Crippen LogP contribution in [0.3, 0.4) is 0 Å². The number of aromatic nitrogens is 1. The number of nitrogen functional groups attached to an aromatic ring is 1. The smallest absolute Gasteiger partial charge is 0.267 e. The Hall–Kier alpha value is -2.94. The predicted molar refractivity (Wildman–Crippen MR) is 133 cm³/mol. The number of nitrogens with two attached hydrogens (primary N) is 1. The Balaban J connectivity index is 1.69. The first kappa shape index (κ1) is 22.3. The van der Waals surface area contributed by atoms with Crippen molar-refractivity contribution in [3.8, 4) is 5.75 Å². The van der Waals surface area contributed by atoms with E-state index in [9.17, 15) is 9.90 Å². The summed E-state index contributed by atoms with van der Waals surface area (Å²) in [7, 11) is 1.60. The summed E-state index contributed by atoms with van der Waals surface area (Å²) in [4.78, 5) is 18.6. The number of anilines is 2. The standard InChI is InChI=1S/C24H22BrN3O3S/c1-12-18(25)5-4-6-19(12)28-23(30)22-20(26)17-11-16(13(2)27-24(17)32-22)21(29)14-7-9-15(31-3)10-8-14/h4-11,21,29H,26H2,1-3H3,(H,28,30). The summed E-state index contributed by atoms with van der Waals surface area (Å²) in [5.74, 6) is 0.422. The van der Waals surface area contributed by atoms with Crippen molar-refractivity contribution in [1.82, 2.24) is 4.98 Å². The maximum Gasteiger partial charge on any atom is 0.267 e. The van der Waals surface area contributed by atoms with Crippen molar-refractivity contribution in [3.05, 3.63) is 80.3 Å². The minimum absolute atomic E-state index is 0.290. The van der Waals surface area contributed by atoms with Gasteiger partial charge in [-0.25, -0.2) is 4.98 Å². The number of aryl methyl sites for hydroxylation is 1. The number of aliphatic hydroxyl groups is 1. The number of amides is 1. The molecule has 8 heteroatoms. The van der Waals surface area contributed by atoms with Crippen molar-refractivity contribution in [1.29, 1.82) is 0 Å². The van der Waals surface area contributed by atoms with Crippen LogP contribution in [0.25, 0.3) is 10.2 Å². The first-order valence-electron chi connectivity index (χ1n) is 9.88. The Morgan fingerprint density at radius 1 is 1.22 bits per heavy atom. The Morgan fingerprint density at radius 2 is 1.94 bits per heavy atom. The highest BCUT2D eigenvalue weighted by molar-refractivity contribution is 9.10. The number of aliphatic hydroxyl groups excluding tert-OH is 1. The van der Waals surface area contributed by atoms with Gasteiger partial charge in [0.2, 0.25) is 0 Å². The molecule has 4 aromatic rings. The molecule has 0 saturated heterocycles. The van der Waals surface area contributed by atoms with Gasteiger partial charge in [0.25, 0.3) is 5.91 Å². The summed E-state index contributed by atoms with van der Waals surface area (Å²) >= 11 is 4.72. The fourth-order valence-electron chi connectivity index (χ4n) is 3.48. The molecule has 32 heavy (non-hydrogen) atoms. The number of nitrogens with zero attached hydrogens (tertiary/aromatic N) is 1. The maximum absolute atomic E-state index is 13.0. The number of ether oxygens (including phenoxy) is 1. The van der Waals surface area contributed by atoms with E-state index in [0.717, 1.165) is 10.0 Å². The molecule has 1 unspecified atom stereocenters. The van der Waals surface area contributed by atoms with E-state index in [2.05, 4.69) is 26.2 Å². The van der Waals surface area contributed by atoms with Gasteiger partial charge in [0.05, 0.1) is 12.8 Å². The second kappa shape index (κ2) is 8.90. The lowest BCUT2D eigenvalue weighted by Crippen LogP contribution is -2.13. The second-order valence-corrected chi connectivity index (χ2v) is 9.26. The summed E-state index contributed by atoms with van der Waals surface area (Å²) < 4.78 is 6.09. The lowest BCUT2D eigenvalue weighted by atomic mass is 9.99. The number of carbonyl (C=O) groups is 1. The third-order valence-corrected chi connectivity index (χ3v) is 7.37. The molecule has 2 heterocycles. The van der Waals surface area contributed by atoms with Gasteiger partial charge in [-0.1, -0.05) is 34.1 Å². The molecule has 164 valence electrons. The molecule has 0 aliphatic rings. The van der Waals surface area contributed by atoms with Crippen LogP contribution in [0.4, 0.5) is 11.4 Å². The molecule has 0 fully saturated rings. The third-order valence-electron chi connectivity index (χ3n) is 5.40. The van der Waals surface area contributed by atoms with Gasteiger partial charge in [-0.05, 0) is 55.3 Å². The number of hydrogen-bond donors (Lipinski definition) is 3. The van der Waals surface area contributed by atoms with E-state index < -0.39 is 6.10 Å².